The van der Waals surface area contributed by atoms with Gasteiger partial charge in [-0.2, -0.15) is 0 Å². The van der Waals surface area contributed by atoms with Gasteiger partial charge in [-0.25, -0.2) is 19.6 Å². The summed E-state index contributed by atoms with van der Waals surface area (Å²) in [4.78, 5) is 40.1. The van der Waals surface area contributed by atoms with E-state index in [1.807, 2.05) is 27.0 Å². The SMILES string of the molecule is CSc1nc2c(c(N3CCN(C(=O)OCC[Si](C)(C)C)CC3)n1)CN(C(=O)OC(C)(C)C)C2. The molecule has 3 rings (SSSR count). The molecular formula is C22H37N5O4SSi. The summed E-state index contributed by atoms with van der Waals surface area (Å²) in [5.74, 6) is 0.849. The molecule has 2 amide bonds. The summed E-state index contributed by atoms with van der Waals surface area (Å²) in [6.07, 6.45) is 1.37. The van der Waals surface area contributed by atoms with E-state index in [0.29, 0.717) is 51.0 Å². The Kier molecular flexibility index (Phi) is 7.82. The summed E-state index contributed by atoms with van der Waals surface area (Å²) >= 11 is 1.48. The maximum absolute atomic E-state index is 12.6. The highest BCUT2D eigenvalue weighted by Gasteiger charge is 2.34. The van der Waals surface area contributed by atoms with Crippen LogP contribution in [-0.4, -0.2) is 84.7 Å². The maximum Gasteiger partial charge on any atom is 0.410 e. The summed E-state index contributed by atoms with van der Waals surface area (Å²) < 4.78 is 11.1. The highest BCUT2D eigenvalue weighted by Crippen LogP contribution is 2.32. The Hall–Kier alpha value is -2.01. The molecule has 0 unspecified atom stereocenters. The molecule has 0 spiro atoms. The number of thioether (sulfide) groups is 1. The average Bonchev–Trinajstić information content (AvgIpc) is 3.15. The van der Waals surface area contributed by atoms with Crippen LogP contribution in [0, 0.1) is 0 Å². The van der Waals surface area contributed by atoms with Crippen molar-refractivity contribution >= 4 is 37.8 Å². The van der Waals surface area contributed by atoms with Gasteiger partial charge in [0.15, 0.2) is 5.16 Å². The third-order valence-corrected chi connectivity index (χ3v) is 7.74. The minimum absolute atomic E-state index is 0.235. The fraction of sp³-hybridized carbons (Fsp3) is 0.727. The molecule has 1 aromatic heterocycles. The number of hydrogen-bond acceptors (Lipinski definition) is 8. The molecular weight excluding hydrogens is 458 g/mol. The lowest BCUT2D eigenvalue weighted by Gasteiger charge is -2.35. The molecule has 1 saturated heterocycles. The quantitative estimate of drug-likeness (QED) is 0.343. The lowest BCUT2D eigenvalue weighted by molar-refractivity contribution is 0.0240. The van der Waals surface area contributed by atoms with Crippen molar-refractivity contribution in [1.82, 2.24) is 19.8 Å². The van der Waals surface area contributed by atoms with Gasteiger partial charge in [-0.15, -0.1) is 0 Å². The van der Waals surface area contributed by atoms with Crippen molar-refractivity contribution in [2.24, 2.45) is 0 Å². The highest BCUT2D eigenvalue weighted by atomic mass is 32.2. The first-order chi connectivity index (χ1) is 15.4. The molecule has 0 atom stereocenters. The highest BCUT2D eigenvalue weighted by molar-refractivity contribution is 7.98. The van der Waals surface area contributed by atoms with Crippen molar-refractivity contribution in [3.8, 4) is 0 Å². The monoisotopic (exact) mass is 495 g/mol. The molecule has 0 N–H and O–H groups in total. The Bertz CT molecular complexity index is 879. The van der Waals surface area contributed by atoms with Crippen LogP contribution < -0.4 is 4.90 Å². The van der Waals surface area contributed by atoms with Gasteiger partial charge < -0.3 is 19.3 Å². The number of piperazine rings is 1. The van der Waals surface area contributed by atoms with E-state index in [1.165, 1.54) is 11.8 Å². The van der Waals surface area contributed by atoms with Gasteiger partial charge in [0.2, 0.25) is 0 Å². The van der Waals surface area contributed by atoms with Crippen LogP contribution in [0.1, 0.15) is 32.0 Å². The summed E-state index contributed by atoms with van der Waals surface area (Å²) in [6.45, 7) is 16.2. The van der Waals surface area contributed by atoms with E-state index >= 15 is 0 Å². The number of carbonyl (C=O) groups excluding carboxylic acids is 2. The minimum Gasteiger partial charge on any atom is -0.450 e. The first-order valence-corrected chi connectivity index (χ1v) is 16.4. The van der Waals surface area contributed by atoms with E-state index in [4.69, 9.17) is 14.5 Å². The van der Waals surface area contributed by atoms with Gasteiger partial charge in [-0.3, -0.25) is 4.90 Å². The van der Waals surface area contributed by atoms with Crippen molar-refractivity contribution in [3.05, 3.63) is 11.3 Å². The molecule has 3 heterocycles. The van der Waals surface area contributed by atoms with E-state index in [2.05, 4.69) is 29.5 Å². The van der Waals surface area contributed by atoms with Gasteiger partial charge >= 0.3 is 12.2 Å². The van der Waals surface area contributed by atoms with Crippen LogP contribution >= 0.6 is 11.8 Å². The van der Waals surface area contributed by atoms with E-state index in [0.717, 1.165) is 23.1 Å². The molecule has 0 aromatic carbocycles. The normalized spacial score (nSPS) is 16.6. The zero-order valence-corrected chi connectivity index (χ0v) is 22.8. The first-order valence-electron chi connectivity index (χ1n) is 11.4. The van der Waals surface area contributed by atoms with E-state index in [-0.39, 0.29) is 12.2 Å². The van der Waals surface area contributed by atoms with Crippen LogP contribution in [0.15, 0.2) is 5.16 Å². The van der Waals surface area contributed by atoms with Gasteiger partial charge in [0.1, 0.15) is 11.4 Å². The fourth-order valence-corrected chi connectivity index (χ4v) is 4.75. The first kappa shape index (κ1) is 25.6. The van der Waals surface area contributed by atoms with Crippen molar-refractivity contribution in [2.45, 2.75) is 70.3 Å². The Morgan fingerprint density at radius 1 is 1.00 bits per heavy atom. The number of fused-ring (bicyclic) bond motifs is 1. The standard InChI is InChI=1S/C22H37N5O4SSi/c1-22(2,3)31-21(29)27-14-16-17(15-27)23-19(32-4)24-18(16)25-8-10-26(11-9-25)20(28)30-12-13-33(5,6)7/h8-15H2,1-7H3. The smallest absolute Gasteiger partial charge is 0.410 e. The molecule has 0 aliphatic carbocycles. The van der Waals surface area contributed by atoms with E-state index in [9.17, 15) is 9.59 Å². The zero-order chi connectivity index (χ0) is 24.4. The van der Waals surface area contributed by atoms with Crippen LogP contribution in [0.25, 0.3) is 0 Å². The van der Waals surface area contributed by atoms with E-state index < -0.39 is 13.7 Å². The van der Waals surface area contributed by atoms with Gasteiger partial charge in [0.25, 0.3) is 0 Å². The summed E-state index contributed by atoms with van der Waals surface area (Å²) in [7, 11) is -1.23. The van der Waals surface area contributed by atoms with Gasteiger partial charge in [-0.1, -0.05) is 31.4 Å². The fourth-order valence-electron chi connectivity index (χ4n) is 3.66. The molecule has 2 aliphatic heterocycles. The number of ether oxygens (including phenoxy) is 2. The summed E-state index contributed by atoms with van der Waals surface area (Å²) in [5.41, 5.74) is 1.28. The number of nitrogens with zero attached hydrogens (tertiary/aromatic N) is 5. The molecule has 184 valence electrons. The molecule has 1 aromatic rings. The molecule has 9 nitrogen and oxygen atoms in total. The zero-order valence-electron chi connectivity index (χ0n) is 20.9. The Balaban J connectivity index is 1.65. The predicted molar refractivity (Wildman–Crippen MR) is 133 cm³/mol. The second-order valence-corrected chi connectivity index (χ2v) is 17.1. The lowest BCUT2D eigenvalue weighted by atomic mass is 10.2. The molecule has 2 aliphatic rings. The molecule has 0 bridgehead atoms. The number of amides is 2. The lowest BCUT2D eigenvalue weighted by Crippen LogP contribution is -2.49. The third-order valence-electron chi connectivity index (χ3n) is 5.49. The minimum atomic E-state index is -1.23. The number of carbonyl (C=O) groups is 2. The van der Waals surface area contributed by atoms with Crippen LogP contribution in [-0.2, 0) is 22.6 Å². The van der Waals surface area contributed by atoms with Crippen molar-refractivity contribution in [3.63, 3.8) is 0 Å². The number of aromatic nitrogens is 2. The molecule has 33 heavy (non-hydrogen) atoms. The molecule has 1 fully saturated rings. The topological polar surface area (TPSA) is 88.1 Å². The summed E-state index contributed by atoms with van der Waals surface area (Å²) in [5, 5.41) is 0.683. The predicted octanol–water partition coefficient (Wildman–Crippen LogP) is 4.05. The van der Waals surface area contributed by atoms with Crippen molar-refractivity contribution in [2.75, 3.05) is 43.9 Å². The second kappa shape index (κ2) is 10.1. The van der Waals surface area contributed by atoms with E-state index in [1.54, 1.807) is 9.80 Å². The van der Waals surface area contributed by atoms with Gasteiger partial charge in [0, 0.05) is 39.8 Å². The largest absolute Gasteiger partial charge is 0.450 e. The van der Waals surface area contributed by atoms with Gasteiger partial charge in [-0.05, 0) is 33.1 Å². The number of anilines is 1. The Morgan fingerprint density at radius 2 is 1.67 bits per heavy atom. The Morgan fingerprint density at radius 3 is 2.24 bits per heavy atom. The summed E-state index contributed by atoms with van der Waals surface area (Å²) in [6, 6.07) is 0.970. The molecule has 11 heteroatoms. The third kappa shape index (κ3) is 6.99. The van der Waals surface area contributed by atoms with Crippen LogP contribution in [0.2, 0.25) is 25.7 Å². The Labute approximate surface area is 202 Å². The van der Waals surface area contributed by atoms with Crippen LogP contribution in [0.4, 0.5) is 15.4 Å². The molecule has 0 saturated carbocycles. The van der Waals surface area contributed by atoms with Crippen molar-refractivity contribution < 1.29 is 19.1 Å². The van der Waals surface area contributed by atoms with Crippen LogP contribution in [0.3, 0.4) is 0 Å². The molecule has 0 radical (unpaired) electrons. The van der Waals surface area contributed by atoms with Gasteiger partial charge in [0.05, 0.1) is 25.4 Å². The second-order valence-electron chi connectivity index (χ2n) is 10.7. The maximum atomic E-state index is 12.6. The average molecular weight is 496 g/mol. The van der Waals surface area contributed by atoms with Crippen LogP contribution in [0.5, 0.6) is 0 Å². The number of hydrogen-bond donors (Lipinski definition) is 0. The number of rotatable bonds is 5. The van der Waals surface area contributed by atoms with Crippen molar-refractivity contribution in [1.29, 1.82) is 0 Å².